The second-order valence-electron chi connectivity index (χ2n) is 5.61. The summed E-state index contributed by atoms with van der Waals surface area (Å²) in [5, 5.41) is 3.31. The van der Waals surface area contributed by atoms with Crippen molar-refractivity contribution in [2.24, 2.45) is 17.8 Å². The van der Waals surface area contributed by atoms with Gasteiger partial charge in [-0.25, -0.2) is 0 Å². The zero-order valence-corrected chi connectivity index (χ0v) is 9.77. The zero-order valence-electron chi connectivity index (χ0n) is 9.01. The van der Waals surface area contributed by atoms with Gasteiger partial charge in [0.1, 0.15) is 0 Å². The summed E-state index contributed by atoms with van der Waals surface area (Å²) in [7, 11) is 0. The summed E-state index contributed by atoms with van der Waals surface area (Å²) < 4.78 is 0. The zero-order chi connectivity index (χ0) is 10.5. The molecular weight excluding hydrogens is 198 g/mol. The summed E-state index contributed by atoms with van der Waals surface area (Å²) in [6.45, 7) is 6.05. The van der Waals surface area contributed by atoms with Gasteiger partial charge >= 0.3 is 0 Å². The molecule has 0 aromatic heterocycles. The highest BCUT2D eigenvalue weighted by atomic mass is 35.5. The van der Waals surface area contributed by atoms with Crippen molar-refractivity contribution in [2.45, 2.75) is 44.5 Å². The lowest BCUT2D eigenvalue weighted by molar-refractivity contribution is -0.132. The molecule has 3 saturated carbocycles. The molecule has 3 rings (SSSR count). The summed E-state index contributed by atoms with van der Waals surface area (Å²) in [6, 6.07) is 0. The molecule has 2 atom stereocenters. The fraction of sp³-hybridized carbons (Fsp3) is 0.909. The molecule has 1 amide bonds. The number of carbonyl (C=O) groups excluding carboxylic acids is 1. The van der Waals surface area contributed by atoms with Crippen LogP contribution in [-0.2, 0) is 4.79 Å². The van der Waals surface area contributed by atoms with E-state index in [0.717, 1.165) is 12.8 Å². The van der Waals surface area contributed by atoms with Gasteiger partial charge in [-0.05, 0) is 45.4 Å². The average molecular weight is 216 g/mol. The molecule has 3 aliphatic rings. The molecule has 0 aromatic rings. The average Bonchev–Trinajstić information content (AvgIpc) is 2.56. The van der Waals surface area contributed by atoms with Crippen LogP contribution in [0.2, 0.25) is 0 Å². The maximum Gasteiger partial charge on any atom is 0.224 e. The molecular formula is C11H18ClNO. The van der Waals surface area contributed by atoms with E-state index in [1.165, 1.54) is 0 Å². The van der Waals surface area contributed by atoms with Crippen LogP contribution >= 0.6 is 11.6 Å². The van der Waals surface area contributed by atoms with Gasteiger partial charge in [-0.15, -0.1) is 11.6 Å². The third-order valence-electron chi connectivity index (χ3n) is 3.37. The lowest BCUT2D eigenvalue weighted by Gasteiger charge is -2.41. The Kier molecular flexibility index (Phi) is 2.30. The molecule has 3 aliphatic carbocycles. The third-order valence-corrected chi connectivity index (χ3v) is 4.02. The monoisotopic (exact) mass is 215 g/mol. The van der Waals surface area contributed by atoms with Gasteiger partial charge in [0.15, 0.2) is 0 Å². The number of fused-ring (bicyclic) bond motifs is 1. The van der Waals surface area contributed by atoms with Crippen LogP contribution in [-0.4, -0.2) is 16.8 Å². The van der Waals surface area contributed by atoms with Crippen molar-refractivity contribution in [1.29, 1.82) is 0 Å². The third kappa shape index (κ3) is 1.54. The number of rotatable bonds is 1. The van der Waals surface area contributed by atoms with Crippen molar-refractivity contribution in [3.8, 4) is 0 Å². The van der Waals surface area contributed by atoms with Crippen LogP contribution in [0.25, 0.3) is 0 Å². The van der Waals surface area contributed by atoms with Gasteiger partial charge in [-0.2, -0.15) is 0 Å². The fourth-order valence-electron chi connectivity index (χ4n) is 2.79. The number of carbonyl (C=O) groups is 1. The molecule has 0 saturated heterocycles. The Morgan fingerprint density at radius 1 is 1.29 bits per heavy atom. The molecule has 3 heteroatoms. The smallest absolute Gasteiger partial charge is 0.224 e. The lowest BCUT2D eigenvalue weighted by Crippen LogP contribution is -2.53. The minimum absolute atomic E-state index is 0.117. The van der Waals surface area contributed by atoms with Gasteiger partial charge in [-0.1, -0.05) is 0 Å². The van der Waals surface area contributed by atoms with E-state index in [1.807, 2.05) is 20.8 Å². The molecule has 0 aliphatic heterocycles. The van der Waals surface area contributed by atoms with Crippen molar-refractivity contribution < 1.29 is 4.79 Å². The van der Waals surface area contributed by atoms with E-state index in [-0.39, 0.29) is 22.7 Å². The van der Waals surface area contributed by atoms with Crippen LogP contribution < -0.4 is 5.32 Å². The molecule has 2 nitrogen and oxygen atoms in total. The van der Waals surface area contributed by atoms with Crippen LogP contribution in [0.3, 0.4) is 0 Å². The number of amides is 1. The van der Waals surface area contributed by atoms with Crippen molar-refractivity contribution >= 4 is 17.5 Å². The predicted molar refractivity (Wildman–Crippen MR) is 57.2 cm³/mol. The van der Waals surface area contributed by atoms with Crippen molar-refractivity contribution in [3.63, 3.8) is 0 Å². The number of nitrogens with one attached hydrogen (secondary N) is 1. The molecule has 0 heterocycles. The summed E-state index contributed by atoms with van der Waals surface area (Å²) in [4.78, 5) is 11.9. The Morgan fingerprint density at radius 3 is 2.14 bits per heavy atom. The van der Waals surface area contributed by atoms with Gasteiger partial charge in [-0.3, -0.25) is 4.79 Å². The molecule has 0 radical (unpaired) electrons. The molecule has 0 unspecified atom stereocenters. The van der Waals surface area contributed by atoms with Gasteiger partial charge in [0.25, 0.3) is 0 Å². The highest BCUT2D eigenvalue weighted by Crippen LogP contribution is 2.56. The van der Waals surface area contributed by atoms with E-state index < -0.39 is 0 Å². The first-order chi connectivity index (χ1) is 6.40. The van der Waals surface area contributed by atoms with E-state index in [2.05, 4.69) is 5.32 Å². The summed E-state index contributed by atoms with van der Waals surface area (Å²) in [5.41, 5.74) is -0.117. The SMILES string of the molecule is CC(C)(C)NC(=O)C1[C@H]2CC[C@H]1C2Cl. The quantitative estimate of drug-likeness (QED) is 0.668. The number of hydrogen-bond acceptors (Lipinski definition) is 1. The van der Waals surface area contributed by atoms with Gasteiger partial charge in [0.2, 0.25) is 5.91 Å². The van der Waals surface area contributed by atoms with E-state index in [9.17, 15) is 4.79 Å². The topological polar surface area (TPSA) is 29.1 Å². The van der Waals surface area contributed by atoms with Crippen molar-refractivity contribution in [2.75, 3.05) is 0 Å². The minimum atomic E-state index is -0.117. The summed E-state index contributed by atoms with van der Waals surface area (Å²) >= 11 is 6.14. The van der Waals surface area contributed by atoms with E-state index in [1.54, 1.807) is 0 Å². The van der Waals surface area contributed by atoms with Crippen LogP contribution in [0.4, 0.5) is 0 Å². The molecule has 0 spiro atoms. The van der Waals surface area contributed by atoms with Crippen LogP contribution in [0.5, 0.6) is 0 Å². The van der Waals surface area contributed by atoms with Crippen LogP contribution in [0.1, 0.15) is 33.6 Å². The largest absolute Gasteiger partial charge is 0.351 e. The van der Waals surface area contributed by atoms with Crippen molar-refractivity contribution in [3.05, 3.63) is 0 Å². The first kappa shape index (κ1) is 10.3. The Bertz CT molecular complexity index is 247. The minimum Gasteiger partial charge on any atom is -0.351 e. The molecule has 14 heavy (non-hydrogen) atoms. The Hall–Kier alpha value is -0.240. The van der Waals surface area contributed by atoms with Crippen molar-refractivity contribution in [1.82, 2.24) is 5.32 Å². The number of alkyl halides is 1. The van der Waals surface area contributed by atoms with Gasteiger partial charge in [0, 0.05) is 16.8 Å². The Morgan fingerprint density at radius 2 is 1.79 bits per heavy atom. The van der Waals surface area contributed by atoms with E-state index in [0.29, 0.717) is 11.8 Å². The predicted octanol–water partition coefficient (Wildman–Crippen LogP) is 2.16. The second-order valence-corrected chi connectivity index (χ2v) is 6.12. The molecule has 0 aromatic carbocycles. The maximum atomic E-state index is 11.9. The molecule has 80 valence electrons. The number of hydrogen-bond donors (Lipinski definition) is 1. The van der Waals surface area contributed by atoms with E-state index in [4.69, 9.17) is 11.6 Å². The first-order valence-corrected chi connectivity index (χ1v) is 5.80. The normalized spacial score (nSPS) is 40.6. The number of halogens is 1. The maximum absolute atomic E-state index is 11.9. The molecule has 3 fully saturated rings. The van der Waals surface area contributed by atoms with Gasteiger partial charge in [0.05, 0.1) is 0 Å². The van der Waals surface area contributed by atoms with Crippen LogP contribution in [0.15, 0.2) is 0 Å². The van der Waals surface area contributed by atoms with E-state index >= 15 is 0 Å². The highest BCUT2D eigenvalue weighted by molar-refractivity contribution is 6.22. The Balaban J connectivity index is 1.96. The summed E-state index contributed by atoms with van der Waals surface area (Å²) in [5.74, 6) is 1.31. The summed E-state index contributed by atoms with van der Waals surface area (Å²) in [6.07, 6.45) is 2.28. The lowest BCUT2D eigenvalue weighted by atomic mass is 9.71. The van der Waals surface area contributed by atoms with Gasteiger partial charge < -0.3 is 5.32 Å². The second kappa shape index (κ2) is 3.13. The highest BCUT2D eigenvalue weighted by Gasteiger charge is 2.57. The standard InChI is InChI=1S/C11H18ClNO/c1-11(2,3)13-10(14)8-6-4-5-7(8)9(6)12/h6-9H,4-5H2,1-3H3,(H,13,14)/t6-,7-,8?,9?/m1/s1. The first-order valence-electron chi connectivity index (χ1n) is 5.36. The fourth-order valence-corrected chi connectivity index (χ4v) is 3.36. The molecule has 1 N–H and O–H groups in total. The van der Waals surface area contributed by atoms with Crippen LogP contribution in [0, 0.1) is 17.8 Å². The molecule has 2 bridgehead atoms. The Labute approximate surface area is 90.4 Å².